The number of aliphatic hydroxyl groups excluding tert-OH is 1. The molecule has 3 N–H and O–H groups in total. The molecule has 0 fully saturated rings. The molecule has 0 radical (unpaired) electrons. The summed E-state index contributed by atoms with van der Waals surface area (Å²) in [5.41, 5.74) is 0.703. The molecule has 0 amide bonds. The van der Waals surface area contributed by atoms with Crippen molar-refractivity contribution in [2.45, 2.75) is 46.1 Å². The number of benzene rings is 1. The van der Waals surface area contributed by atoms with Crippen LogP contribution in [0.2, 0.25) is 0 Å². The van der Waals surface area contributed by atoms with Gasteiger partial charge in [-0.1, -0.05) is 12.1 Å². The molecule has 0 bridgehead atoms. The van der Waals surface area contributed by atoms with Crippen LogP contribution in [0, 0.1) is 0 Å². The Balaban J connectivity index is 0.00000420. The molecule has 2 aromatic rings. The third-order valence-corrected chi connectivity index (χ3v) is 3.76. The molecule has 0 aliphatic carbocycles. The molecular weight excluding hydrogens is 495 g/mol. The predicted molar refractivity (Wildman–Crippen MR) is 119 cm³/mol. The molecule has 29 heavy (non-hydrogen) atoms. The molecule has 1 aromatic heterocycles. The summed E-state index contributed by atoms with van der Waals surface area (Å²) in [5, 5.41) is 16.5. The summed E-state index contributed by atoms with van der Waals surface area (Å²) < 4.78 is 32.2. The van der Waals surface area contributed by atoms with Crippen molar-refractivity contribution < 1.29 is 18.6 Å². The summed E-state index contributed by atoms with van der Waals surface area (Å²) in [4.78, 5) is 8.17. The van der Waals surface area contributed by atoms with E-state index in [4.69, 9.17) is 4.74 Å². The predicted octanol–water partition coefficient (Wildman–Crippen LogP) is 3.47. The minimum absolute atomic E-state index is 0. The number of aliphatic imine (C=N–C) groups is 1. The quantitative estimate of drug-likeness (QED) is 0.267. The van der Waals surface area contributed by atoms with Crippen LogP contribution >= 0.6 is 24.0 Å². The largest absolute Gasteiger partial charge is 0.491 e. The van der Waals surface area contributed by atoms with Crippen molar-refractivity contribution in [2.75, 3.05) is 13.1 Å². The summed E-state index contributed by atoms with van der Waals surface area (Å²) in [6.07, 6.45) is 1.78. The Morgan fingerprint density at radius 1 is 1.31 bits per heavy atom. The number of imidazole rings is 1. The molecule has 7 nitrogen and oxygen atoms in total. The third kappa shape index (κ3) is 8.13. The Bertz CT molecular complexity index is 771. The van der Waals surface area contributed by atoms with Crippen LogP contribution < -0.4 is 15.4 Å². The Morgan fingerprint density at radius 2 is 2.07 bits per heavy atom. The van der Waals surface area contributed by atoms with Gasteiger partial charge in [0.15, 0.2) is 5.96 Å². The number of ether oxygens (including phenoxy) is 1. The van der Waals surface area contributed by atoms with Crippen molar-refractivity contribution in [2.24, 2.45) is 4.99 Å². The van der Waals surface area contributed by atoms with Crippen LogP contribution in [0.1, 0.15) is 44.8 Å². The lowest BCUT2D eigenvalue weighted by atomic mass is 10.1. The van der Waals surface area contributed by atoms with E-state index in [0.29, 0.717) is 23.8 Å². The first-order valence-corrected chi connectivity index (χ1v) is 9.17. The Morgan fingerprint density at radius 3 is 2.72 bits per heavy atom. The number of hydrogen-bond acceptors (Lipinski definition) is 4. The average Bonchev–Trinajstić information content (AvgIpc) is 3.12. The van der Waals surface area contributed by atoms with E-state index in [1.165, 1.54) is 12.4 Å². The minimum atomic E-state index is -2.66. The highest BCUT2D eigenvalue weighted by molar-refractivity contribution is 14.0. The number of nitrogens with zero attached hydrogens (tertiary/aromatic N) is 3. The van der Waals surface area contributed by atoms with E-state index in [2.05, 4.69) is 20.6 Å². The number of rotatable bonds is 9. The van der Waals surface area contributed by atoms with Crippen molar-refractivity contribution in [1.29, 1.82) is 0 Å². The number of hydrogen-bond donors (Lipinski definition) is 3. The lowest BCUT2D eigenvalue weighted by Gasteiger charge is -2.17. The highest BCUT2D eigenvalue weighted by atomic mass is 127. The van der Waals surface area contributed by atoms with Crippen molar-refractivity contribution >= 4 is 29.9 Å². The van der Waals surface area contributed by atoms with E-state index in [-0.39, 0.29) is 49.0 Å². The standard InChI is InChI=1S/C19H27F2N5O2.HI/c1-4-22-19(25-12-17-23-8-9-26(17)18(20)21)24-11-16(27)14-6-5-7-15(10-14)28-13(2)3;/h5-10,13,16,18,27H,4,11-12H2,1-3H3,(H2,22,24,25);1H. The molecule has 1 unspecified atom stereocenters. The van der Waals surface area contributed by atoms with Crippen molar-refractivity contribution in [3.05, 3.63) is 48.0 Å². The summed E-state index contributed by atoms with van der Waals surface area (Å²) in [5.74, 6) is 1.25. The number of aliphatic hydroxyl groups is 1. The van der Waals surface area contributed by atoms with Gasteiger partial charge < -0.3 is 20.5 Å². The fraction of sp³-hybridized carbons (Fsp3) is 0.474. The second-order valence-electron chi connectivity index (χ2n) is 6.36. The van der Waals surface area contributed by atoms with E-state index in [0.717, 1.165) is 4.57 Å². The Hall–Kier alpha value is -1.95. The first-order valence-electron chi connectivity index (χ1n) is 9.17. The highest BCUT2D eigenvalue weighted by Crippen LogP contribution is 2.20. The molecule has 0 aliphatic rings. The molecule has 0 saturated heterocycles. The third-order valence-electron chi connectivity index (χ3n) is 3.76. The van der Waals surface area contributed by atoms with Gasteiger partial charge in [0.05, 0.1) is 12.2 Å². The maximum Gasteiger partial charge on any atom is 0.319 e. The van der Waals surface area contributed by atoms with Crippen molar-refractivity contribution in [1.82, 2.24) is 20.2 Å². The van der Waals surface area contributed by atoms with Gasteiger partial charge in [-0.25, -0.2) is 9.98 Å². The lowest BCUT2D eigenvalue weighted by molar-refractivity contribution is 0.0671. The molecule has 0 saturated carbocycles. The fourth-order valence-electron chi connectivity index (χ4n) is 2.51. The van der Waals surface area contributed by atoms with Crippen LogP contribution in [0.15, 0.2) is 41.7 Å². The van der Waals surface area contributed by atoms with E-state index in [1.54, 1.807) is 6.07 Å². The van der Waals surface area contributed by atoms with Crippen LogP contribution in [0.5, 0.6) is 5.75 Å². The molecule has 1 atom stereocenters. The summed E-state index contributed by atoms with van der Waals surface area (Å²) in [7, 11) is 0. The monoisotopic (exact) mass is 523 g/mol. The van der Waals surface area contributed by atoms with Gasteiger partial charge in [0, 0.05) is 25.5 Å². The number of aromatic nitrogens is 2. The molecule has 0 spiro atoms. The van der Waals surface area contributed by atoms with Crippen molar-refractivity contribution in [3.63, 3.8) is 0 Å². The van der Waals surface area contributed by atoms with E-state index in [9.17, 15) is 13.9 Å². The summed E-state index contributed by atoms with van der Waals surface area (Å²) >= 11 is 0. The van der Waals surface area contributed by atoms with Gasteiger partial charge in [-0.3, -0.25) is 4.57 Å². The van der Waals surface area contributed by atoms with Crippen molar-refractivity contribution in [3.8, 4) is 5.75 Å². The average molecular weight is 523 g/mol. The SMILES string of the molecule is CCNC(=NCc1nccn1C(F)F)NCC(O)c1cccc(OC(C)C)c1.I. The van der Waals surface area contributed by atoms with E-state index >= 15 is 0 Å². The first kappa shape index (κ1) is 25.1. The van der Waals surface area contributed by atoms with Gasteiger partial charge in [-0.2, -0.15) is 8.78 Å². The number of halogens is 3. The molecular formula is C19H28F2IN5O2. The highest BCUT2D eigenvalue weighted by Gasteiger charge is 2.12. The van der Waals surface area contributed by atoms with Crippen LogP contribution in [0.4, 0.5) is 8.78 Å². The molecule has 1 aromatic carbocycles. The topological polar surface area (TPSA) is 83.7 Å². The van der Waals surface area contributed by atoms with Gasteiger partial charge in [0.1, 0.15) is 18.1 Å². The normalized spacial score (nSPS) is 12.6. The zero-order chi connectivity index (χ0) is 20.5. The lowest BCUT2D eigenvalue weighted by Crippen LogP contribution is -2.39. The Labute approximate surface area is 186 Å². The number of guanidine groups is 1. The molecule has 2 rings (SSSR count). The van der Waals surface area contributed by atoms with Crippen LogP contribution in [0.25, 0.3) is 0 Å². The summed E-state index contributed by atoms with van der Waals surface area (Å²) in [6.45, 7) is 3.86. The van der Waals surface area contributed by atoms with Gasteiger partial charge >= 0.3 is 6.55 Å². The van der Waals surface area contributed by atoms with Gasteiger partial charge in [0.2, 0.25) is 0 Å². The zero-order valence-electron chi connectivity index (χ0n) is 16.7. The molecule has 10 heteroatoms. The molecule has 0 aliphatic heterocycles. The zero-order valence-corrected chi connectivity index (χ0v) is 19.0. The second kappa shape index (κ2) is 12.6. The van der Waals surface area contributed by atoms with E-state index in [1.807, 2.05) is 39.0 Å². The van der Waals surface area contributed by atoms with Crippen LogP contribution in [-0.4, -0.2) is 39.8 Å². The van der Waals surface area contributed by atoms with Crippen LogP contribution in [0.3, 0.4) is 0 Å². The van der Waals surface area contributed by atoms with Crippen LogP contribution in [-0.2, 0) is 6.54 Å². The van der Waals surface area contributed by atoms with Gasteiger partial charge in [-0.05, 0) is 38.5 Å². The first-order chi connectivity index (χ1) is 13.4. The Kier molecular flexibility index (Phi) is 10.9. The number of alkyl halides is 2. The maximum atomic E-state index is 12.9. The van der Waals surface area contributed by atoms with E-state index < -0.39 is 12.7 Å². The minimum Gasteiger partial charge on any atom is -0.491 e. The summed E-state index contributed by atoms with van der Waals surface area (Å²) in [6, 6.07) is 7.25. The smallest absolute Gasteiger partial charge is 0.319 e. The maximum absolute atomic E-state index is 12.9. The fourth-order valence-corrected chi connectivity index (χ4v) is 2.51. The second-order valence-corrected chi connectivity index (χ2v) is 6.36. The molecule has 162 valence electrons. The van der Waals surface area contributed by atoms with Gasteiger partial charge in [-0.15, -0.1) is 24.0 Å². The number of nitrogens with one attached hydrogen (secondary N) is 2. The van der Waals surface area contributed by atoms with Gasteiger partial charge in [0.25, 0.3) is 0 Å². The molecule has 1 heterocycles.